The number of carbonyl (C=O) groups is 1. The number of ether oxygens (including phenoxy) is 1. The van der Waals surface area contributed by atoms with E-state index in [1.165, 1.54) is 25.4 Å². The first-order valence-corrected chi connectivity index (χ1v) is 4.74. The van der Waals surface area contributed by atoms with Crippen molar-refractivity contribution in [3.05, 3.63) is 46.1 Å². The Bertz CT molecular complexity index is 609. The van der Waals surface area contributed by atoms with Gasteiger partial charge in [-0.15, -0.1) is 0 Å². The average Bonchev–Trinajstić information content (AvgIpc) is 2.36. The number of esters is 1. The maximum Gasteiger partial charge on any atom is 0.339 e. The van der Waals surface area contributed by atoms with E-state index in [2.05, 4.69) is 9.72 Å². The van der Waals surface area contributed by atoms with Crippen molar-refractivity contribution < 1.29 is 14.5 Å². The van der Waals surface area contributed by atoms with Crippen LogP contribution in [0.4, 0.5) is 5.69 Å². The van der Waals surface area contributed by atoms with Gasteiger partial charge in [0.15, 0.2) is 0 Å². The molecule has 0 fully saturated rings. The number of rotatable bonds is 2. The van der Waals surface area contributed by atoms with Gasteiger partial charge in [-0.05, 0) is 12.1 Å². The molecule has 6 nitrogen and oxygen atoms in total. The fraction of sp³-hybridized carbons (Fsp3) is 0.0909. The van der Waals surface area contributed by atoms with Crippen molar-refractivity contribution in [1.29, 1.82) is 0 Å². The van der Waals surface area contributed by atoms with E-state index in [-0.39, 0.29) is 5.69 Å². The first kappa shape index (κ1) is 11.0. The third-order valence-electron chi connectivity index (χ3n) is 2.30. The van der Waals surface area contributed by atoms with Gasteiger partial charge >= 0.3 is 5.97 Å². The molecule has 0 radical (unpaired) electrons. The normalized spacial score (nSPS) is 10.2. The highest BCUT2D eigenvalue weighted by atomic mass is 16.6. The molecule has 0 aliphatic carbocycles. The van der Waals surface area contributed by atoms with Gasteiger partial charge in [-0.2, -0.15) is 0 Å². The van der Waals surface area contributed by atoms with Crippen LogP contribution in [0.5, 0.6) is 0 Å². The summed E-state index contributed by atoms with van der Waals surface area (Å²) in [6.07, 6.45) is 1.33. The van der Waals surface area contributed by atoms with Gasteiger partial charge in [0.25, 0.3) is 5.69 Å². The van der Waals surface area contributed by atoms with E-state index in [1.807, 2.05) is 0 Å². The number of aromatic nitrogens is 1. The van der Waals surface area contributed by atoms with Crippen molar-refractivity contribution in [1.82, 2.24) is 4.98 Å². The lowest BCUT2D eigenvalue weighted by Crippen LogP contribution is -2.01. The Morgan fingerprint density at radius 2 is 2.18 bits per heavy atom. The van der Waals surface area contributed by atoms with Crippen molar-refractivity contribution in [3.63, 3.8) is 0 Å². The lowest BCUT2D eigenvalue weighted by Gasteiger charge is -2.01. The van der Waals surface area contributed by atoms with Gasteiger partial charge in [0.1, 0.15) is 0 Å². The van der Waals surface area contributed by atoms with E-state index in [1.54, 1.807) is 12.1 Å². The second-order valence-electron chi connectivity index (χ2n) is 3.35. The number of carbonyl (C=O) groups excluding carboxylic acids is 1. The molecule has 0 aliphatic rings. The minimum Gasteiger partial charge on any atom is -0.465 e. The highest BCUT2D eigenvalue weighted by Gasteiger charge is 2.10. The molecule has 0 saturated carbocycles. The number of pyridine rings is 1. The molecule has 0 saturated heterocycles. The molecule has 0 amide bonds. The molecular formula is C11H8N2O4. The second kappa shape index (κ2) is 4.17. The molecule has 0 unspecified atom stereocenters. The van der Waals surface area contributed by atoms with Crippen LogP contribution in [0.15, 0.2) is 30.5 Å². The van der Waals surface area contributed by atoms with Crippen molar-refractivity contribution in [2.24, 2.45) is 0 Å². The van der Waals surface area contributed by atoms with Crippen LogP contribution in [0.2, 0.25) is 0 Å². The molecule has 2 aromatic rings. The topological polar surface area (TPSA) is 82.3 Å². The molecule has 0 bridgehead atoms. The molecule has 1 aromatic heterocycles. The minimum absolute atomic E-state index is 0.0316. The number of nitro benzene ring substituents is 1. The summed E-state index contributed by atoms with van der Waals surface area (Å²) in [5.41, 5.74) is 0.747. The zero-order chi connectivity index (χ0) is 12.4. The van der Waals surface area contributed by atoms with Gasteiger partial charge in [0, 0.05) is 23.7 Å². The van der Waals surface area contributed by atoms with Crippen LogP contribution in [0.1, 0.15) is 10.4 Å². The van der Waals surface area contributed by atoms with Crippen LogP contribution in [0, 0.1) is 10.1 Å². The Balaban J connectivity index is 2.54. The largest absolute Gasteiger partial charge is 0.465 e. The Morgan fingerprint density at radius 3 is 2.82 bits per heavy atom. The van der Waals surface area contributed by atoms with Crippen molar-refractivity contribution in [2.75, 3.05) is 7.11 Å². The standard InChI is InChI=1S/C11H8N2O4/c1-17-11(14)8-4-7-2-3-9(13(15)16)5-10(7)12-6-8/h2-6H,1H3. The number of fused-ring (bicyclic) bond motifs is 1. The van der Waals surface area contributed by atoms with Gasteiger partial charge in [0.05, 0.1) is 23.1 Å². The molecule has 0 atom stereocenters. The van der Waals surface area contributed by atoms with Crippen LogP contribution in [-0.2, 0) is 4.74 Å². The van der Waals surface area contributed by atoms with Gasteiger partial charge in [-0.1, -0.05) is 0 Å². The Morgan fingerprint density at radius 1 is 1.41 bits per heavy atom. The second-order valence-corrected chi connectivity index (χ2v) is 3.35. The van der Waals surface area contributed by atoms with Crippen molar-refractivity contribution in [3.8, 4) is 0 Å². The predicted molar refractivity (Wildman–Crippen MR) is 59.7 cm³/mol. The van der Waals surface area contributed by atoms with E-state index in [4.69, 9.17) is 0 Å². The summed E-state index contributed by atoms with van der Waals surface area (Å²) in [6, 6.07) is 5.85. The SMILES string of the molecule is COC(=O)c1cnc2cc([N+](=O)[O-])ccc2c1. The fourth-order valence-corrected chi connectivity index (χ4v) is 1.45. The molecular weight excluding hydrogens is 224 g/mol. The summed E-state index contributed by atoms with van der Waals surface area (Å²) >= 11 is 0. The number of nitrogens with zero attached hydrogens (tertiary/aromatic N) is 2. The molecule has 1 heterocycles. The first-order valence-electron chi connectivity index (χ1n) is 4.74. The quantitative estimate of drug-likeness (QED) is 0.448. The Kier molecular flexibility index (Phi) is 2.70. The maximum absolute atomic E-state index is 11.3. The van der Waals surface area contributed by atoms with Crippen LogP contribution in [0.3, 0.4) is 0 Å². The van der Waals surface area contributed by atoms with Crippen molar-refractivity contribution in [2.45, 2.75) is 0 Å². The third kappa shape index (κ3) is 2.05. The molecule has 86 valence electrons. The zero-order valence-corrected chi connectivity index (χ0v) is 8.91. The number of non-ortho nitro benzene ring substituents is 1. The Hall–Kier alpha value is -2.50. The van der Waals surface area contributed by atoms with Crippen molar-refractivity contribution >= 4 is 22.6 Å². The van der Waals surface area contributed by atoms with E-state index >= 15 is 0 Å². The number of hydrogen-bond acceptors (Lipinski definition) is 5. The third-order valence-corrected chi connectivity index (χ3v) is 2.30. The molecule has 17 heavy (non-hydrogen) atoms. The lowest BCUT2D eigenvalue weighted by atomic mass is 10.1. The van der Waals surface area contributed by atoms with Gasteiger partial charge in [0.2, 0.25) is 0 Å². The average molecular weight is 232 g/mol. The molecule has 1 aromatic carbocycles. The van der Waals surface area contributed by atoms with Gasteiger partial charge < -0.3 is 4.74 Å². The summed E-state index contributed by atoms with van der Waals surface area (Å²) in [5.74, 6) is -0.488. The predicted octanol–water partition coefficient (Wildman–Crippen LogP) is 1.93. The van der Waals surface area contributed by atoms with Crippen LogP contribution < -0.4 is 0 Å². The van der Waals surface area contributed by atoms with E-state index in [9.17, 15) is 14.9 Å². The highest BCUT2D eigenvalue weighted by Crippen LogP contribution is 2.20. The number of hydrogen-bond donors (Lipinski definition) is 0. The molecule has 0 spiro atoms. The summed E-state index contributed by atoms with van der Waals surface area (Å²) in [6.45, 7) is 0. The number of methoxy groups -OCH3 is 1. The van der Waals surface area contributed by atoms with Gasteiger partial charge in [-0.3, -0.25) is 15.1 Å². The minimum atomic E-state index is -0.491. The molecule has 0 N–H and O–H groups in total. The zero-order valence-electron chi connectivity index (χ0n) is 8.91. The van der Waals surface area contributed by atoms with Crippen LogP contribution in [0.25, 0.3) is 10.9 Å². The Labute approximate surface area is 96.0 Å². The van der Waals surface area contributed by atoms with Crippen LogP contribution in [-0.4, -0.2) is 23.0 Å². The molecule has 0 aliphatic heterocycles. The smallest absolute Gasteiger partial charge is 0.339 e. The number of nitro groups is 1. The number of benzene rings is 1. The summed E-state index contributed by atoms with van der Waals surface area (Å²) in [7, 11) is 1.28. The highest BCUT2D eigenvalue weighted by molar-refractivity contribution is 5.93. The summed E-state index contributed by atoms with van der Waals surface area (Å²) < 4.78 is 4.56. The van der Waals surface area contributed by atoms with Gasteiger partial charge in [-0.25, -0.2) is 4.79 Å². The van der Waals surface area contributed by atoms with E-state index in [0.29, 0.717) is 16.5 Å². The monoisotopic (exact) mass is 232 g/mol. The first-order chi connectivity index (χ1) is 8.11. The molecule has 2 rings (SSSR count). The summed E-state index contributed by atoms with van der Waals surface area (Å²) in [5, 5.41) is 11.2. The van der Waals surface area contributed by atoms with E-state index < -0.39 is 10.9 Å². The van der Waals surface area contributed by atoms with Crippen LogP contribution >= 0.6 is 0 Å². The molecule has 6 heteroatoms. The fourth-order valence-electron chi connectivity index (χ4n) is 1.45. The lowest BCUT2D eigenvalue weighted by molar-refractivity contribution is -0.384. The maximum atomic E-state index is 11.3. The van der Waals surface area contributed by atoms with E-state index in [0.717, 1.165) is 0 Å². The summed E-state index contributed by atoms with van der Waals surface area (Å²) in [4.78, 5) is 25.3.